The number of fused-ring (bicyclic) bond motifs is 3. The number of aryl methyl sites for hydroxylation is 2. The van der Waals surface area contributed by atoms with Crippen molar-refractivity contribution in [1.29, 1.82) is 0 Å². The molecule has 2 amide bonds. The maximum atomic E-state index is 13.7. The molecule has 12 nitrogen and oxygen atoms in total. The van der Waals surface area contributed by atoms with Crippen LogP contribution in [0.3, 0.4) is 0 Å². The van der Waals surface area contributed by atoms with Crippen molar-refractivity contribution >= 4 is 33.9 Å². The molecule has 4 aromatic rings. The Labute approximate surface area is 280 Å². The van der Waals surface area contributed by atoms with E-state index in [9.17, 15) is 9.59 Å². The largest absolute Gasteiger partial charge is 0.494 e. The molecule has 3 aliphatic rings. The minimum absolute atomic E-state index is 0.0564. The minimum atomic E-state index is -0.427. The SMILES string of the molecule is COC[C@@]12C[C@@H]1CCCCCn1c(-c3nc4cc(C(=O)N5CC[C@@H](OC)[C@@H](N)C5)cc(OC)c4n3C)cc3ccc(nc31)[C@@H](C)NC2=O. The van der Waals surface area contributed by atoms with Gasteiger partial charge in [-0.2, -0.15) is 0 Å². The van der Waals surface area contributed by atoms with E-state index in [1.54, 1.807) is 32.3 Å². The molecule has 1 aromatic carbocycles. The number of imidazole rings is 1. The zero-order chi connectivity index (χ0) is 33.7. The summed E-state index contributed by atoms with van der Waals surface area (Å²) in [5.41, 5.74) is 10.5. The number of hydrogen-bond donors (Lipinski definition) is 2. The molecule has 256 valence electrons. The Morgan fingerprint density at radius 1 is 1.08 bits per heavy atom. The van der Waals surface area contributed by atoms with E-state index in [0.29, 0.717) is 48.9 Å². The maximum Gasteiger partial charge on any atom is 0.254 e. The Morgan fingerprint density at radius 2 is 1.92 bits per heavy atom. The van der Waals surface area contributed by atoms with E-state index < -0.39 is 5.41 Å². The van der Waals surface area contributed by atoms with Gasteiger partial charge in [0, 0.05) is 57.9 Å². The lowest BCUT2D eigenvalue weighted by Gasteiger charge is -2.36. The van der Waals surface area contributed by atoms with Crippen molar-refractivity contribution in [3.63, 3.8) is 0 Å². The summed E-state index contributed by atoms with van der Waals surface area (Å²) >= 11 is 0. The summed E-state index contributed by atoms with van der Waals surface area (Å²) in [6.45, 7) is 4.23. The van der Waals surface area contributed by atoms with Crippen LogP contribution in [-0.4, -0.2) is 89.0 Å². The van der Waals surface area contributed by atoms with Gasteiger partial charge in [0.1, 0.15) is 16.9 Å². The number of likely N-dealkylation sites (tertiary alicyclic amines) is 1. The molecule has 5 atom stereocenters. The van der Waals surface area contributed by atoms with Gasteiger partial charge in [0.2, 0.25) is 5.91 Å². The lowest BCUT2D eigenvalue weighted by molar-refractivity contribution is -0.129. The van der Waals surface area contributed by atoms with Crippen LogP contribution in [0.15, 0.2) is 30.3 Å². The van der Waals surface area contributed by atoms with Gasteiger partial charge in [-0.1, -0.05) is 12.8 Å². The Kier molecular flexibility index (Phi) is 8.67. The van der Waals surface area contributed by atoms with Crippen LogP contribution in [-0.2, 0) is 27.9 Å². The quantitative estimate of drug-likeness (QED) is 0.315. The van der Waals surface area contributed by atoms with Gasteiger partial charge in [-0.05, 0) is 68.9 Å². The normalized spacial score (nSPS) is 26.4. The number of hydrogen-bond acceptors (Lipinski definition) is 8. The van der Waals surface area contributed by atoms with Crippen molar-refractivity contribution in [2.75, 3.05) is 41.0 Å². The van der Waals surface area contributed by atoms with Crippen LogP contribution in [0.4, 0.5) is 0 Å². The summed E-state index contributed by atoms with van der Waals surface area (Å²) in [7, 11) is 6.94. The molecule has 2 aliphatic heterocycles. The molecule has 3 aromatic heterocycles. The molecule has 2 fully saturated rings. The summed E-state index contributed by atoms with van der Waals surface area (Å²) in [6.07, 6.45) is 5.60. The Morgan fingerprint density at radius 3 is 2.67 bits per heavy atom. The molecule has 1 aliphatic carbocycles. The number of nitrogens with one attached hydrogen (secondary N) is 1. The summed E-state index contributed by atoms with van der Waals surface area (Å²) in [4.78, 5) is 39.2. The van der Waals surface area contributed by atoms with Gasteiger partial charge in [-0.3, -0.25) is 9.59 Å². The van der Waals surface area contributed by atoms with Gasteiger partial charge < -0.3 is 39.3 Å². The first-order valence-corrected chi connectivity index (χ1v) is 17.1. The van der Waals surface area contributed by atoms with Crippen molar-refractivity contribution in [2.24, 2.45) is 24.1 Å². The number of aromatic nitrogens is 4. The molecule has 48 heavy (non-hydrogen) atoms. The molecule has 0 spiro atoms. The number of amides is 2. The Bertz CT molecular complexity index is 1870. The first-order chi connectivity index (χ1) is 23.2. The molecule has 0 radical (unpaired) electrons. The second-order valence-corrected chi connectivity index (χ2v) is 13.9. The number of rotatable bonds is 6. The van der Waals surface area contributed by atoms with E-state index >= 15 is 0 Å². The summed E-state index contributed by atoms with van der Waals surface area (Å²) in [5.74, 6) is 1.66. The van der Waals surface area contributed by atoms with Crippen LogP contribution in [0.2, 0.25) is 0 Å². The van der Waals surface area contributed by atoms with Gasteiger partial charge in [0.15, 0.2) is 5.82 Å². The highest BCUT2D eigenvalue weighted by atomic mass is 16.5. The number of methoxy groups -OCH3 is 3. The first kappa shape index (κ1) is 32.5. The molecule has 2 bridgehead atoms. The molecular formula is C36H47N7O5. The van der Waals surface area contributed by atoms with Crippen LogP contribution in [0, 0.1) is 11.3 Å². The summed E-state index contributed by atoms with van der Waals surface area (Å²) < 4.78 is 21.1. The molecule has 5 heterocycles. The third-order valence-corrected chi connectivity index (χ3v) is 10.9. The van der Waals surface area contributed by atoms with Crippen LogP contribution >= 0.6 is 0 Å². The molecular weight excluding hydrogens is 610 g/mol. The van der Waals surface area contributed by atoms with Crippen molar-refractivity contribution in [1.82, 2.24) is 29.3 Å². The monoisotopic (exact) mass is 657 g/mol. The Balaban J connectivity index is 1.26. The smallest absolute Gasteiger partial charge is 0.254 e. The average Bonchev–Trinajstić information content (AvgIpc) is 3.52. The predicted molar refractivity (Wildman–Crippen MR) is 183 cm³/mol. The lowest BCUT2D eigenvalue weighted by atomic mass is 9.99. The number of nitrogens with zero attached hydrogens (tertiary/aromatic N) is 5. The van der Waals surface area contributed by atoms with Gasteiger partial charge in [-0.25, -0.2) is 9.97 Å². The molecule has 12 heteroatoms. The second kappa shape index (κ2) is 12.8. The molecule has 0 unspecified atom stereocenters. The van der Waals surface area contributed by atoms with Crippen LogP contribution in [0.1, 0.15) is 67.5 Å². The highest BCUT2D eigenvalue weighted by molar-refractivity contribution is 6.00. The third-order valence-electron chi connectivity index (χ3n) is 10.9. The number of pyridine rings is 1. The molecule has 1 saturated carbocycles. The fourth-order valence-corrected chi connectivity index (χ4v) is 8.02. The number of carbonyl (C=O) groups is 2. The zero-order valence-electron chi connectivity index (χ0n) is 28.6. The standard InChI is InChI=1S/C36H47N7O5/c1-21-26-11-10-22-16-28(43(32(22)39-26)13-8-6-7-9-24-18-36(24,20-46-3)35(45)38-21)33-40-27-15-23(17-30(48-5)31(27)41(33)2)34(44)42-14-12-29(47-4)25(37)19-42/h10-11,15-17,21,24-25,29H,6-9,12-14,18-20,37H2,1-5H3,(H,38,45)/t21-,24+,25+,29-,36+/m1/s1. The van der Waals surface area contributed by atoms with Crippen molar-refractivity contribution < 1.29 is 23.8 Å². The van der Waals surface area contributed by atoms with Crippen molar-refractivity contribution in [3.8, 4) is 17.3 Å². The summed E-state index contributed by atoms with van der Waals surface area (Å²) in [6, 6.07) is 9.37. The molecule has 1 saturated heterocycles. The first-order valence-electron chi connectivity index (χ1n) is 17.1. The highest BCUT2D eigenvalue weighted by Gasteiger charge is 2.59. The second-order valence-electron chi connectivity index (χ2n) is 13.9. The van der Waals surface area contributed by atoms with E-state index in [4.69, 9.17) is 29.9 Å². The van der Waals surface area contributed by atoms with Crippen LogP contribution < -0.4 is 15.8 Å². The van der Waals surface area contributed by atoms with Crippen LogP contribution in [0.25, 0.3) is 33.6 Å². The van der Waals surface area contributed by atoms with E-state index in [1.165, 1.54) is 0 Å². The van der Waals surface area contributed by atoms with E-state index in [-0.39, 0.29) is 30.0 Å². The minimum Gasteiger partial charge on any atom is -0.494 e. The topological polar surface area (TPSA) is 139 Å². The van der Waals surface area contributed by atoms with Gasteiger partial charge in [0.05, 0.1) is 48.2 Å². The number of benzene rings is 1. The highest BCUT2D eigenvalue weighted by Crippen LogP contribution is 2.56. The fourth-order valence-electron chi connectivity index (χ4n) is 8.02. The third kappa shape index (κ3) is 5.53. The average molecular weight is 658 g/mol. The molecule has 3 N–H and O–H groups in total. The molecule has 7 rings (SSSR count). The summed E-state index contributed by atoms with van der Waals surface area (Å²) in [5, 5.41) is 4.25. The van der Waals surface area contributed by atoms with E-state index in [1.807, 2.05) is 30.7 Å². The Hall–Kier alpha value is -4.00. The lowest BCUT2D eigenvalue weighted by Crippen LogP contribution is -2.53. The zero-order valence-corrected chi connectivity index (χ0v) is 28.6. The predicted octanol–water partition coefficient (Wildman–Crippen LogP) is 4.19. The van der Waals surface area contributed by atoms with Crippen LogP contribution in [0.5, 0.6) is 5.75 Å². The fraction of sp³-hybridized carbons (Fsp3) is 0.556. The number of nitrogens with two attached hydrogens (primary N) is 1. The van der Waals surface area contributed by atoms with Crippen molar-refractivity contribution in [2.45, 2.75) is 70.2 Å². The van der Waals surface area contributed by atoms with Gasteiger partial charge >= 0.3 is 0 Å². The maximum absolute atomic E-state index is 13.7. The number of carbonyl (C=O) groups excluding carboxylic acids is 2. The van der Waals surface area contributed by atoms with Crippen molar-refractivity contribution in [3.05, 3.63) is 41.6 Å². The van der Waals surface area contributed by atoms with E-state index in [2.05, 4.69) is 22.0 Å². The van der Waals surface area contributed by atoms with E-state index in [0.717, 1.165) is 72.4 Å². The van der Waals surface area contributed by atoms with Gasteiger partial charge in [0.25, 0.3) is 5.91 Å². The van der Waals surface area contributed by atoms with Gasteiger partial charge in [-0.15, -0.1) is 0 Å². The number of ether oxygens (including phenoxy) is 3. The number of piperidine rings is 1.